The Morgan fingerprint density at radius 3 is 2.45 bits per heavy atom. The van der Waals surface area contributed by atoms with Crippen molar-refractivity contribution in [1.29, 1.82) is 0 Å². The summed E-state index contributed by atoms with van der Waals surface area (Å²) in [5, 5.41) is -0.353. The first-order valence-corrected chi connectivity index (χ1v) is 13.7. The fraction of sp³-hybridized carbons (Fsp3) is 0.667. The smallest absolute Gasteiger partial charge is 0.235 e. The van der Waals surface area contributed by atoms with Crippen molar-refractivity contribution in [2.75, 3.05) is 22.4 Å². The van der Waals surface area contributed by atoms with E-state index in [-0.39, 0.29) is 34.4 Å². The number of hydrogen-bond acceptors (Lipinski definition) is 5. The highest BCUT2D eigenvalue weighted by Crippen LogP contribution is 2.32. The number of sulfonamides is 1. The predicted molar refractivity (Wildman–Crippen MR) is 115 cm³/mol. The SMILES string of the molecule is CC(C)S(=O)(=O)CC1CCC(C(=O)Cc2cccc(N3CCCS3(=O)=O)c2)CC1. The van der Waals surface area contributed by atoms with Crippen LogP contribution in [0.1, 0.15) is 51.5 Å². The normalized spacial score (nSPS) is 24.7. The third kappa shape index (κ3) is 5.40. The van der Waals surface area contributed by atoms with E-state index in [0.717, 1.165) is 31.2 Å². The van der Waals surface area contributed by atoms with Gasteiger partial charge in [0.15, 0.2) is 9.84 Å². The molecule has 0 bridgehead atoms. The Kier molecular flexibility index (Phi) is 6.73. The standard InChI is InChI=1S/C21H31NO5S2/c1-16(2)28(24,25)15-17-7-9-19(10-8-17)21(23)14-18-5-3-6-20(13-18)22-11-4-12-29(22,26)27/h3,5-6,13,16-17,19H,4,7-12,14-15H2,1-2H3. The van der Waals surface area contributed by atoms with Crippen molar-refractivity contribution in [3.8, 4) is 0 Å². The lowest BCUT2D eigenvalue weighted by atomic mass is 9.79. The minimum Gasteiger partial charge on any atom is -0.299 e. The van der Waals surface area contributed by atoms with Gasteiger partial charge in [0.2, 0.25) is 10.0 Å². The van der Waals surface area contributed by atoms with Gasteiger partial charge in [-0.1, -0.05) is 12.1 Å². The molecule has 2 fully saturated rings. The van der Waals surface area contributed by atoms with Gasteiger partial charge in [0, 0.05) is 18.9 Å². The molecule has 0 amide bonds. The average Bonchev–Trinajstić information content (AvgIpc) is 3.01. The van der Waals surface area contributed by atoms with Crippen LogP contribution in [0.3, 0.4) is 0 Å². The maximum Gasteiger partial charge on any atom is 0.235 e. The second-order valence-electron chi connectivity index (χ2n) is 8.65. The molecule has 0 N–H and O–H groups in total. The van der Waals surface area contributed by atoms with Crippen molar-refractivity contribution in [3.63, 3.8) is 0 Å². The Labute approximate surface area is 174 Å². The minimum absolute atomic E-state index is 0.0350. The Balaban J connectivity index is 1.57. The summed E-state index contributed by atoms with van der Waals surface area (Å²) in [6, 6.07) is 7.25. The molecule has 1 aliphatic heterocycles. The zero-order chi connectivity index (χ0) is 21.2. The van der Waals surface area contributed by atoms with E-state index in [1.54, 1.807) is 26.0 Å². The van der Waals surface area contributed by atoms with Crippen LogP contribution in [0.4, 0.5) is 5.69 Å². The van der Waals surface area contributed by atoms with Gasteiger partial charge < -0.3 is 0 Å². The van der Waals surface area contributed by atoms with Gasteiger partial charge in [0.25, 0.3) is 0 Å². The lowest BCUT2D eigenvalue weighted by molar-refractivity contribution is -0.123. The number of ketones is 1. The summed E-state index contributed by atoms with van der Waals surface area (Å²) >= 11 is 0. The first-order chi connectivity index (χ1) is 13.6. The molecule has 1 saturated heterocycles. The molecule has 6 nitrogen and oxygen atoms in total. The fourth-order valence-electron chi connectivity index (χ4n) is 4.27. The Morgan fingerprint density at radius 1 is 1.17 bits per heavy atom. The van der Waals surface area contributed by atoms with Gasteiger partial charge in [-0.05, 0) is 69.6 Å². The third-order valence-electron chi connectivity index (χ3n) is 6.16. The molecule has 0 aromatic heterocycles. The Hall–Kier alpha value is -1.41. The number of hydrogen-bond donors (Lipinski definition) is 0. The lowest BCUT2D eigenvalue weighted by Crippen LogP contribution is -2.29. The molecule has 2 aliphatic rings. The fourth-order valence-corrected chi connectivity index (χ4v) is 7.20. The molecule has 0 spiro atoms. The van der Waals surface area contributed by atoms with Gasteiger partial charge in [-0.15, -0.1) is 0 Å². The maximum absolute atomic E-state index is 12.8. The maximum atomic E-state index is 12.8. The van der Waals surface area contributed by atoms with E-state index in [1.165, 1.54) is 4.31 Å². The van der Waals surface area contributed by atoms with Crippen LogP contribution < -0.4 is 4.31 Å². The number of sulfone groups is 1. The van der Waals surface area contributed by atoms with E-state index < -0.39 is 19.9 Å². The van der Waals surface area contributed by atoms with Crippen LogP contribution in [0, 0.1) is 11.8 Å². The molecule has 162 valence electrons. The van der Waals surface area contributed by atoms with Crippen molar-refractivity contribution in [2.24, 2.45) is 11.8 Å². The summed E-state index contributed by atoms with van der Waals surface area (Å²) in [7, 11) is -6.28. The number of rotatable bonds is 7. The molecule has 3 rings (SSSR count). The average molecular weight is 442 g/mol. The van der Waals surface area contributed by atoms with Crippen molar-refractivity contribution >= 4 is 31.3 Å². The molecule has 0 radical (unpaired) electrons. The number of anilines is 1. The molecule has 1 aromatic carbocycles. The van der Waals surface area contributed by atoms with Crippen LogP contribution in [0.15, 0.2) is 24.3 Å². The molecule has 8 heteroatoms. The van der Waals surface area contributed by atoms with E-state index in [2.05, 4.69) is 0 Å². The number of carbonyl (C=O) groups excluding carboxylic acids is 1. The van der Waals surface area contributed by atoms with Crippen LogP contribution in [-0.4, -0.2) is 45.9 Å². The predicted octanol–water partition coefficient (Wildman–Crippen LogP) is 2.97. The highest BCUT2D eigenvalue weighted by molar-refractivity contribution is 7.93. The monoisotopic (exact) mass is 441 g/mol. The van der Waals surface area contributed by atoms with E-state index in [4.69, 9.17) is 0 Å². The van der Waals surface area contributed by atoms with Gasteiger partial charge >= 0.3 is 0 Å². The minimum atomic E-state index is -3.23. The van der Waals surface area contributed by atoms with E-state index >= 15 is 0 Å². The molecule has 1 saturated carbocycles. The summed E-state index contributed by atoms with van der Waals surface area (Å²) in [6.07, 6.45) is 3.93. The summed E-state index contributed by atoms with van der Waals surface area (Å²) in [5.74, 6) is 0.670. The number of carbonyl (C=O) groups is 1. The molecular formula is C21H31NO5S2. The zero-order valence-electron chi connectivity index (χ0n) is 17.2. The molecule has 1 aromatic rings. The first-order valence-electron chi connectivity index (χ1n) is 10.4. The summed E-state index contributed by atoms with van der Waals surface area (Å²) < 4.78 is 50.0. The van der Waals surface area contributed by atoms with E-state index in [1.807, 2.05) is 12.1 Å². The summed E-state index contributed by atoms with van der Waals surface area (Å²) in [4.78, 5) is 12.8. The van der Waals surface area contributed by atoms with Crippen LogP contribution in [0.5, 0.6) is 0 Å². The number of Topliss-reactive ketones (excluding diaryl/α,β-unsaturated/α-hetero) is 1. The molecular weight excluding hydrogens is 410 g/mol. The van der Waals surface area contributed by atoms with Gasteiger partial charge in [-0.2, -0.15) is 0 Å². The topological polar surface area (TPSA) is 88.6 Å². The van der Waals surface area contributed by atoms with Crippen molar-refractivity contribution in [2.45, 2.75) is 57.6 Å². The number of nitrogens with zero attached hydrogens (tertiary/aromatic N) is 1. The quantitative estimate of drug-likeness (QED) is 0.649. The second kappa shape index (κ2) is 8.76. The highest BCUT2D eigenvalue weighted by atomic mass is 32.2. The van der Waals surface area contributed by atoms with Crippen LogP contribution in [0.25, 0.3) is 0 Å². The van der Waals surface area contributed by atoms with Crippen LogP contribution in [-0.2, 0) is 31.1 Å². The van der Waals surface area contributed by atoms with Crippen molar-refractivity contribution in [1.82, 2.24) is 0 Å². The first kappa shape index (κ1) is 22.3. The van der Waals surface area contributed by atoms with E-state index in [9.17, 15) is 21.6 Å². The second-order valence-corrected chi connectivity index (χ2v) is 13.3. The molecule has 0 unspecified atom stereocenters. The van der Waals surface area contributed by atoms with Crippen LogP contribution >= 0.6 is 0 Å². The third-order valence-corrected chi connectivity index (χ3v) is 10.4. The van der Waals surface area contributed by atoms with Gasteiger partial charge in [0.05, 0.1) is 22.4 Å². The van der Waals surface area contributed by atoms with Crippen molar-refractivity contribution < 1.29 is 21.6 Å². The summed E-state index contributed by atoms with van der Waals surface area (Å²) in [6.45, 7) is 3.92. The number of benzene rings is 1. The van der Waals surface area contributed by atoms with Gasteiger partial charge in [0.1, 0.15) is 5.78 Å². The zero-order valence-corrected chi connectivity index (χ0v) is 18.8. The van der Waals surface area contributed by atoms with E-state index in [0.29, 0.717) is 25.1 Å². The molecule has 1 aliphatic carbocycles. The lowest BCUT2D eigenvalue weighted by Gasteiger charge is -2.28. The molecule has 29 heavy (non-hydrogen) atoms. The molecule has 1 heterocycles. The Morgan fingerprint density at radius 2 is 1.86 bits per heavy atom. The van der Waals surface area contributed by atoms with Crippen molar-refractivity contribution in [3.05, 3.63) is 29.8 Å². The van der Waals surface area contributed by atoms with Gasteiger partial charge in [-0.25, -0.2) is 16.8 Å². The highest BCUT2D eigenvalue weighted by Gasteiger charge is 2.31. The van der Waals surface area contributed by atoms with Gasteiger partial charge in [-0.3, -0.25) is 9.10 Å². The summed E-state index contributed by atoms with van der Waals surface area (Å²) in [5.41, 5.74) is 1.47. The largest absolute Gasteiger partial charge is 0.299 e. The molecule has 0 atom stereocenters. The van der Waals surface area contributed by atoms with Crippen LogP contribution in [0.2, 0.25) is 0 Å². The Bertz CT molecular complexity index is 945.